The van der Waals surface area contributed by atoms with Gasteiger partial charge in [-0.25, -0.2) is 0 Å². The maximum Gasteiger partial charge on any atom is 0.255 e. The number of hydrogen-bond acceptors (Lipinski definition) is 1. The van der Waals surface area contributed by atoms with Crippen LogP contribution >= 0.6 is 27.5 Å². The lowest BCUT2D eigenvalue weighted by atomic mass is 10.1. The molecule has 0 saturated heterocycles. The van der Waals surface area contributed by atoms with Crippen LogP contribution in [0.5, 0.6) is 0 Å². The second kappa shape index (κ2) is 5.98. The fourth-order valence-corrected chi connectivity index (χ4v) is 2.47. The number of halogens is 2. The van der Waals surface area contributed by atoms with Gasteiger partial charge in [0.25, 0.3) is 5.91 Å². The second-order valence-corrected chi connectivity index (χ2v) is 5.99. The van der Waals surface area contributed by atoms with E-state index in [0.717, 1.165) is 26.9 Å². The molecule has 0 aliphatic rings. The van der Waals surface area contributed by atoms with Crippen molar-refractivity contribution in [1.82, 2.24) is 0 Å². The molecule has 0 radical (unpaired) electrons. The first-order valence-electron chi connectivity index (χ1n) is 6.23. The third-order valence-electron chi connectivity index (χ3n) is 3.21. The van der Waals surface area contributed by atoms with E-state index in [2.05, 4.69) is 21.2 Å². The fourth-order valence-electron chi connectivity index (χ4n) is 2.07. The molecule has 0 aromatic heterocycles. The summed E-state index contributed by atoms with van der Waals surface area (Å²) in [5, 5.41) is 3.51. The highest BCUT2D eigenvalue weighted by molar-refractivity contribution is 9.10. The highest BCUT2D eigenvalue weighted by Crippen LogP contribution is 2.26. The maximum absolute atomic E-state index is 12.3. The molecule has 20 heavy (non-hydrogen) atoms. The number of anilines is 1. The molecule has 104 valence electrons. The zero-order valence-corrected chi connectivity index (χ0v) is 13.9. The molecule has 2 nitrogen and oxygen atoms in total. The van der Waals surface area contributed by atoms with Crippen LogP contribution < -0.4 is 5.32 Å². The molecule has 0 fully saturated rings. The largest absolute Gasteiger partial charge is 0.322 e. The average molecular weight is 353 g/mol. The van der Waals surface area contributed by atoms with Crippen molar-refractivity contribution in [1.29, 1.82) is 0 Å². The minimum Gasteiger partial charge on any atom is -0.322 e. The lowest BCUT2D eigenvalue weighted by Gasteiger charge is -2.11. The minimum atomic E-state index is -0.147. The van der Waals surface area contributed by atoms with Gasteiger partial charge in [0.2, 0.25) is 0 Å². The fraction of sp³-hybridized carbons (Fsp3) is 0.188. The van der Waals surface area contributed by atoms with Crippen molar-refractivity contribution in [2.24, 2.45) is 0 Å². The lowest BCUT2D eigenvalue weighted by molar-refractivity contribution is 0.102. The number of aryl methyl sites for hydroxylation is 2. The van der Waals surface area contributed by atoms with Gasteiger partial charge in [0.15, 0.2) is 0 Å². The molecule has 1 N–H and O–H groups in total. The Hall–Kier alpha value is -1.32. The van der Waals surface area contributed by atoms with Crippen molar-refractivity contribution in [2.45, 2.75) is 20.8 Å². The summed E-state index contributed by atoms with van der Waals surface area (Å²) in [6.07, 6.45) is 0. The summed E-state index contributed by atoms with van der Waals surface area (Å²) in [5.41, 5.74) is 4.34. The Labute approximate surface area is 132 Å². The average Bonchev–Trinajstić information content (AvgIpc) is 2.39. The number of benzene rings is 2. The number of hydrogen-bond donors (Lipinski definition) is 1. The summed E-state index contributed by atoms with van der Waals surface area (Å²) in [6, 6.07) is 9.21. The van der Waals surface area contributed by atoms with Crippen molar-refractivity contribution in [3.8, 4) is 0 Å². The third kappa shape index (κ3) is 3.05. The number of amides is 1. The third-order valence-corrected chi connectivity index (χ3v) is 4.87. The van der Waals surface area contributed by atoms with Gasteiger partial charge in [-0.15, -0.1) is 0 Å². The highest BCUT2D eigenvalue weighted by Gasteiger charge is 2.12. The molecule has 0 aliphatic heterocycles. The van der Waals surface area contributed by atoms with Crippen LogP contribution in [0.4, 0.5) is 5.69 Å². The normalized spacial score (nSPS) is 10.4. The quantitative estimate of drug-likeness (QED) is 0.782. The Kier molecular flexibility index (Phi) is 4.51. The van der Waals surface area contributed by atoms with Crippen LogP contribution in [0.25, 0.3) is 0 Å². The molecule has 0 aliphatic carbocycles. The van der Waals surface area contributed by atoms with Crippen molar-refractivity contribution in [3.63, 3.8) is 0 Å². The summed E-state index contributed by atoms with van der Waals surface area (Å²) >= 11 is 9.56. The summed E-state index contributed by atoms with van der Waals surface area (Å²) in [7, 11) is 0. The molecule has 0 atom stereocenters. The number of nitrogens with one attached hydrogen (secondary N) is 1. The molecule has 0 unspecified atom stereocenters. The monoisotopic (exact) mass is 351 g/mol. The van der Waals surface area contributed by atoms with E-state index in [4.69, 9.17) is 11.6 Å². The van der Waals surface area contributed by atoms with Gasteiger partial charge in [0.1, 0.15) is 0 Å². The predicted molar refractivity (Wildman–Crippen MR) is 87.8 cm³/mol. The molecule has 4 heteroatoms. The smallest absolute Gasteiger partial charge is 0.255 e. The van der Waals surface area contributed by atoms with Gasteiger partial charge in [-0.05, 0) is 61.7 Å². The highest BCUT2D eigenvalue weighted by atomic mass is 79.9. The first-order valence-corrected chi connectivity index (χ1v) is 7.40. The Morgan fingerprint density at radius 2 is 1.75 bits per heavy atom. The van der Waals surface area contributed by atoms with E-state index < -0.39 is 0 Å². The summed E-state index contributed by atoms with van der Waals surface area (Å²) in [5.74, 6) is -0.147. The zero-order chi connectivity index (χ0) is 14.9. The zero-order valence-electron chi connectivity index (χ0n) is 11.6. The topological polar surface area (TPSA) is 29.1 Å². The maximum atomic E-state index is 12.3. The van der Waals surface area contributed by atoms with E-state index in [-0.39, 0.29) is 5.91 Å². The van der Waals surface area contributed by atoms with Crippen LogP contribution in [-0.4, -0.2) is 5.91 Å². The Bertz CT molecular complexity index is 659. The van der Waals surface area contributed by atoms with Crippen LogP contribution in [0.2, 0.25) is 5.02 Å². The lowest BCUT2D eigenvalue weighted by Crippen LogP contribution is -2.13. The van der Waals surface area contributed by atoms with Crippen molar-refractivity contribution >= 4 is 39.1 Å². The van der Waals surface area contributed by atoms with Crippen LogP contribution in [-0.2, 0) is 0 Å². The van der Waals surface area contributed by atoms with Crippen molar-refractivity contribution in [2.75, 3.05) is 5.32 Å². The standard InChI is InChI=1S/C16H15BrClNO/c1-9-7-12(8-10(2)15(9)17)19-16(20)13-5-4-6-14(18)11(13)3/h4-8H,1-3H3,(H,19,20). The van der Waals surface area contributed by atoms with Gasteiger partial charge in [-0.1, -0.05) is 33.6 Å². The molecular weight excluding hydrogens is 338 g/mol. The molecule has 0 bridgehead atoms. The van der Waals surface area contributed by atoms with E-state index in [1.807, 2.05) is 32.9 Å². The van der Waals surface area contributed by atoms with Crippen LogP contribution in [0.1, 0.15) is 27.0 Å². The van der Waals surface area contributed by atoms with Gasteiger partial charge >= 0.3 is 0 Å². The molecule has 1 amide bonds. The van der Waals surface area contributed by atoms with E-state index in [1.165, 1.54) is 0 Å². The summed E-state index contributed by atoms with van der Waals surface area (Å²) in [4.78, 5) is 12.3. The molecule has 0 heterocycles. The Morgan fingerprint density at radius 1 is 1.15 bits per heavy atom. The summed E-state index contributed by atoms with van der Waals surface area (Å²) in [6.45, 7) is 5.84. The second-order valence-electron chi connectivity index (χ2n) is 4.79. The van der Waals surface area contributed by atoms with Gasteiger partial charge in [0.05, 0.1) is 0 Å². The first kappa shape index (κ1) is 15.1. The SMILES string of the molecule is Cc1cc(NC(=O)c2cccc(Cl)c2C)cc(C)c1Br. The first-order chi connectivity index (χ1) is 9.40. The molecule has 2 rings (SSSR count). The summed E-state index contributed by atoms with van der Waals surface area (Å²) < 4.78 is 1.06. The van der Waals surface area contributed by atoms with Gasteiger partial charge in [-0.2, -0.15) is 0 Å². The van der Waals surface area contributed by atoms with Crippen molar-refractivity contribution in [3.05, 3.63) is 62.1 Å². The molecule has 2 aromatic carbocycles. The Morgan fingerprint density at radius 3 is 2.35 bits per heavy atom. The van der Waals surface area contributed by atoms with Gasteiger partial charge in [0, 0.05) is 20.7 Å². The van der Waals surface area contributed by atoms with Gasteiger partial charge in [-0.3, -0.25) is 4.79 Å². The van der Waals surface area contributed by atoms with Crippen LogP contribution in [0.15, 0.2) is 34.8 Å². The van der Waals surface area contributed by atoms with E-state index in [9.17, 15) is 4.79 Å². The van der Waals surface area contributed by atoms with Gasteiger partial charge < -0.3 is 5.32 Å². The predicted octanol–water partition coefficient (Wildman–Crippen LogP) is 5.28. The van der Waals surface area contributed by atoms with E-state index in [0.29, 0.717) is 10.6 Å². The van der Waals surface area contributed by atoms with Crippen LogP contribution in [0, 0.1) is 20.8 Å². The molecular formula is C16H15BrClNO. The van der Waals surface area contributed by atoms with Crippen LogP contribution in [0.3, 0.4) is 0 Å². The van der Waals surface area contributed by atoms with E-state index >= 15 is 0 Å². The van der Waals surface area contributed by atoms with E-state index in [1.54, 1.807) is 18.2 Å². The number of carbonyl (C=O) groups is 1. The molecule has 0 saturated carbocycles. The Balaban J connectivity index is 2.30. The molecule has 2 aromatic rings. The number of carbonyl (C=O) groups excluding carboxylic acids is 1. The molecule has 0 spiro atoms. The number of rotatable bonds is 2. The van der Waals surface area contributed by atoms with Crippen molar-refractivity contribution < 1.29 is 4.79 Å². The minimum absolute atomic E-state index is 0.147.